The number of aromatic nitrogens is 3. The zero-order valence-corrected chi connectivity index (χ0v) is 18.1. The Morgan fingerprint density at radius 1 is 1.12 bits per heavy atom. The summed E-state index contributed by atoms with van der Waals surface area (Å²) in [7, 11) is 1.98. The zero-order valence-electron chi connectivity index (χ0n) is 15.7. The van der Waals surface area contributed by atoms with E-state index in [-0.39, 0.29) is 24.0 Å². The summed E-state index contributed by atoms with van der Waals surface area (Å²) in [6.45, 7) is 9.36. The summed E-state index contributed by atoms with van der Waals surface area (Å²) < 4.78 is 1.99. The van der Waals surface area contributed by atoms with Crippen LogP contribution in [0.5, 0.6) is 0 Å². The average Bonchev–Trinajstić information content (AvgIpc) is 2.98. The molecule has 3 rings (SSSR count). The van der Waals surface area contributed by atoms with Gasteiger partial charge in [-0.3, -0.25) is 0 Å². The second-order valence-corrected chi connectivity index (χ2v) is 6.20. The van der Waals surface area contributed by atoms with E-state index in [9.17, 15) is 0 Å². The minimum absolute atomic E-state index is 0. The smallest absolute Gasteiger partial charge is 0.194 e. The molecule has 0 amide bonds. The molecule has 0 saturated carbocycles. The molecule has 0 radical (unpaired) electrons. The van der Waals surface area contributed by atoms with Crippen molar-refractivity contribution in [1.82, 2.24) is 25.0 Å². The number of para-hydroxylation sites is 1. The van der Waals surface area contributed by atoms with Crippen molar-refractivity contribution in [3.63, 3.8) is 0 Å². The minimum atomic E-state index is 0. The number of guanidine groups is 1. The van der Waals surface area contributed by atoms with Crippen molar-refractivity contribution in [2.75, 3.05) is 37.6 Å². The number of halogens is 1. The lowest BCUT2D eigenvalue weighted by molar-refractivity contribution is 0.372. The number of hydrogen-bond donors (Lipinski definition) is 1. The Morgan fingerprint density at radius 3 is 2.38 bits per heavy atom. The number of nitrogens with zero attached hydrogens (tertiary/aromatic N) is 6. The molecule has 0 bridgehead atoms. The highest BCUT2D eigenvalue weighted by molar-refractivity contribution is 14.0. The van der Waals surface area contributed by atoms with Crippen molar-refractivity contribution >= 4 is 35.6 Å². The Bertz CT molecular complexity index is 706. The molecule has 1 aromatic heterocycles. The van der Waals surface area contributed by atoms with Gasteiger partial charge in [-0.15, -0.1) is 34.2 Å². The number of nitrogens with one attached hydrogen (secondary N) is 1. The molecule has 8 heteroatoms. The third-order valence-electron chi connectivity index (χ3n) is 4.59. The summed E-state index contributed by atoms with van der Waals surface area (Å²) in [4.78, 5) is 9.52. The number of benzene rings is 1. The molecule has 0 spiro atoms. The minimum Gasteiger partial charge on any atom is -0.368 e. The highest BCUT2D eigenvalue weighted by Crippen LogP contribution is 2.15. The van der Waals surface area contributed by atoms with Crippen LogP contribution in [0, 0.1) is 6.92 Å². The second-order valence-electron chi connectivity index (χ2n) is 6.20. The quantitative estimate of drug-likeness (QED) is 0.422. The molecule has 0 atom stereocenters. The van der Waals surface area contributed by atoms with E-state index in [1.54, 1.807) is 0 Å². The van der Waals surface area contributed by atoms with Gasteiger partial charge in [-0.1, -0.05) is 18.2 Å². The molecule has 0 aliphatic carbocycles. The summed E-state index contributed by atoms with van der Waals surface area (Å²) in [5, 5.41) is 11.7. The third-order valence-corrected chi connectivity index (χ3v) is 4.59. The number of rotatable bonds is 4. The standard InChI is InChI=1S/C18H27N7.HI/c1-4-19-18(20-14-17-22-21-15(2)23(17)3)25-12-10-24(11-13-25)16-8-6-5-7-9-16;/h5-9H,4,10-14H2,1-3H3,(H,19,20);1H. The maximum Gasteiger partial charge on any atom is 0.194 e. The van der Waals surface area contributed by atoms with E-state index in [2.05, 4.69) is 62.6 Å². The molecule has 1 fully saturated rings. The number of piperazine rings is 1. The van der Waals surface area contributed by atoms with Gasteiger partial charge in [-0.2, -0.15) is 0 Å². The van der Waals surface area contributed by atoms with Gasteiger partial charge in [0, 0.05) is 45.5 Å². The first-order chi connectivity index (χ1) is 12.2. The van der Waals surface area contributed by atoms with Crippen molar-refractivity contribution in [2.24, 2.45) is 12.0 Å². The topological polar surface area (TPSA) is 61.6 Å². The van der Waals surface area contributed by atoms with E-state index < -0.39 is 0 Å². The van der Waals surface area contributed by atoms with Gasteiger partial charge in [0.1, 0.15) is 12.4 Å². The molecule has 142 valence electrons. The monoisotopic (exact) mass is 469 g/mol. The van der Waals surface area contributed by atoms with Crippen molar-refractivity contribution < 1.29 is 0 Å². The third kappa shape index (κ3) is 4.87. The molecule has 1 saturated heterocycles. The molecule has 2 heterocycles. The van der Waals surface area contributed by atoms with Crippen LogP contribution in [0.15, 0.2) is 35.3 Å². The Balaban J connectivity index is 0.00000243. The van der Waals surface area contributed by atoms with Crippen molar-refractivity contribution in [3.05, 3.63) is 42.0 Å². The molecule has 2 aromatic rings. The van der Waals surface area contributed by atoms with E-state index in [0.29, 0.717) is 6.54 Å². The van der Waals surface area contributed by atoms with Crippen LogP contribution in [-0.2, 0) is 13.6 Å². The van der Waals surface area contributed by atoms with Gasteiger partial charge in [0.15, 0.2) is 11.8 Å². The SMILES string of the molecule is CCNC(=NCc1nnc(C)n1C)N1CCN(c2ccccc2)CC1.I. The van der Waals surface area contributed by atoms with Crippen LogP contribution >= 0.6 is 24.0 Å². The highest BCUT2D eigenvalue weighted by Gasteiger charge is 2.19. The molecule has 7 nitrogen and oxygen atoms in total. The Hall–Kier alpha value is -1.84. The number of anilines is 1. The fraction of sp³-hybridized carbons (Fsp3) is 0.500. The molecule has 26 heavy (non-hydrogen) atoms. The number of hydrogen-bond acceptors (Lipinski definition) is 4. The van der Waals surface area contributed by atoms with Crippen LogP contribution in [0.25, 0.3) is 0 Å². The summed E-state index contributed by atoms with van der Waals surface area (Å²) in [6.07, 6.45) is 0. The average molecular weight is 469 g/mol. The highest BCUT2D eigenvalue weighted by atomic mass is 127. The summed E-state index contributed by atoms with van der Waals surface area (Å²) in [5.41, 5.74) is 1.29. The van der Waals surface area contributed by atoms with Crippen LogP contribution in [0.1, 0.15) is 18.6 Å². The van der Waals surface area contributed by atoms with Gasteiger partial charge >= 0.3 is 0 Å². The lowest BCUT2D eigenvalue weighted by Crippen LogP contribution is -2.52. The van der Waals surface area contributed by atoms with Gasteiger partial charge < -0.3 is 19.7 Å². The van der Waals surface area contributed by atoms with E-state index >= 15 is 0 Å². The summed E-state index contributed by atoms with van der Waals surface area (Å²) in [6, 6.07) is 10.6. The van der Waals surface area contributed by atoms with Crippen molar-refractivity contribution in [1.29, 1.82) is 0 Å². The van der Waals surface area contributed by atoms with Gasteiger partial charge in [0.2, 0.25) is 0 Å². The van der Waals surface area contributed by atoms with Gasteiger partial charge in [0.05, 0.1) is 0 Å². The van der Waals surface area contributed by atoms with Gasteiger partial charge in [-0.25, -0.2) is 4.99 Å². The van der Waals surface area contributed by atoms with Crippen LogP contribution < -0.4 is 10.2 Å². The number of aliphatic imine (C=N–C) groups is 1. The Morgan fingerprint density at radius 2 is 1.81 bits per heavy atom. The first-order valence-electron chi connectivity index (χ1n) is 8.87. The van der Waals surface area contributed by atoms with E-state index in [1.807, 2.05) is 18.5 Å². The molecule has 1 aromatic carbocycles. The zero-order chi connectivity index (χ0) is 17.6. The van der Waals surface area contributed by atoms with Gasteiger partial charge in [-0.05, 0) is 26.0 Å². The van der Waals surface area contributed by atoms with Crippen molar-refractivity contribution in [2.45, 2.75) is 20.4 Å². The summed E-state index contributed by atoms with van der Waals surface area (Å²) in [5.74, 6) is 2.75. The fourth-order valence-corrected chi connectivity index (χ4v) is 2.98. The van der Waals surface area contributed by atoms with E-state index in [0.717, 1.165) is 50.3 Å². The van der Waals surface area contributed by atoms with Crippen LogP contribution in [0.4, 0.5) is 5.69 Å². The first kappa shape index (κ1) is 20.5. The Kier molecular flexibility index (Phi) is 7.67. The van der Waals surface area contributed by atoms with Gasteiger partial charge in [0.25, 0.3) is 0 Å². The second kappa shape index (κ2) is 9.75. The normalized spacial score (nSPS) is 15.0. The molecule has 1 N–H and O–H groups in total. The predicted octanol–water partition coefficient (Wildman–Crippen LogP) is 2.03. The van der Waals surface area contributed by atoms with Crippen molar-refractivity contribution in [3.8, 4) is 0 Å². The maximum atomic E-state index is 4.77. The largest absolute Gasteiger partial charge is 0.368 e. The Labute approximate surface area is 172 Å². The molecule has 1 aliphatic rings. The fourth-order valence-electron chi connectivity index (χ4n) is 2.98. The molecule has 1 aliphatic heterocycles. The predicted molar refractivity (Wildman–Crippen MR) is 116 cm³/mol. The lowest BCUT2D eigenvalue weighted by Gasteiger charge is -2.37. The first-order valence-corrected chi connectivity index (χ1v) is 8.87. The molecular weight excluding hydrogens is 441 g/mol. The van der Waals surface area contributed by atoms with Crippen LogP contribution in [-0.4, -0.2) is 58.3 Å². The molecular formula is C18H28IN7. The van der Waals surface area contributed by atoms with Crippen LogP contribution in [0.3, 0.4) is 0 Å². The number of aryl methyl sites for hydroxylation is 1. The lowest BCUT2D eigenvalue weighted by atomic mass is 10.2. The van der Waals surface area contributed by atoms with E-state index in [1.165, 1.54) is 5.69 Å². The maximum absolute atomic E-state index is 4.77. The van der Waals surface area contributed by atoms with Crippen LogP contribution in [0.2, 0.25) is 0 Å². The summed E-state index contributed by atoms with van der Waals surface area (Å²) >= 11 is 0. The molecule has 0 unspecified atom stereocenters. The van der Waals surface area contributed by atoms with E-state index in [4.69, 9.17) is 4.99 Å².